The SMILES string of the molecule is [CH2]COc1ncc(Br)cc1NS(=O)(=O)CCN(C)C. The Labute approximate surface area is 122 Å². The molecule has 0 aliphatic rings. The molecule has 0 aliphatic carbocycles. The molecule has 0 saturated carbocycles. The van der Waals surface area contributed by atoms with Gasteiger partial charge in [-0.3, -0.25) is 4.72 Å². The van der Waals surface area contributed by atoms with Crippen LogP contribution in [-0.4, -0.2) is 51.3 Å². The quantitative estimate of drug-likeness (QED) is 0.803. The van der Waals surface area contributed by atoms with Crippen molar-refractivity contribution in [2.24, 2.45) is 0 Å². The third-order valence-corrected chi connectivity index (χ3v) is 3.81. The Bertz CT molecular complexity index is 520. The van der Waals surface area contributed by atoms with Crippen LogP contribution in [0.4, 0.5) is 5.69 Å². The molecule has 1 heterocycles. The molecule has 0 saturated heterocycles. The predicted octanol–water partition coefficient (Wildman–Crippen LogP) is 1.36. The predicted molar refractivity (Wildman–Crippen MR) is 78.8 cm³/mol. The lowest BCUT2D eigenvalue weighted by Crippen LogP contribution is -2.26. The van der Waals surface area contributed by atoms with Crippen LogP contribution in [0.2, 0.25) is 0 Å². The van der Waals surface area contributed by atoms with Crippen LogP contribution in [0.15, 0.2) is 16.7 Å². The lowest BCUT2D eigenvalue weighted by molar-refractivity contribution is 0.348. The van der Waals surface area contributed by atoms with Crippen molar-refractivity contribution >= 4 is 31.6 Å². The number of sulfonamides is 1. The van der Waals surface area contributed by atoms with Gasteiger partial charge >= 0.3 is 0 Å². The normalized spacial score (nSPS) is 11.6. The number of anilines is 1. The van der Waals surface area contributed by atoms with E-state index in [2.05, 4.69) is 32.6 Å². The minimum Gasteiger partial charge on any atom is -0.476 e. The molecule has 6 nitrogen and oxygen atoms in total. The van der Waals surface area contributed by atoms with Crippen LogP contribution in [0.25, 0.3) is 0 Å². The average molecular weight is 351 g/mol. The highest BCUT2D eigenvalue weighted by Crippen LogP contribution is 2.26. The van der Waals surface area contributed by atoms with Gasteiger partial charge in [-0.05, 0) is 43.0 Å². The van der Waals surface area contributed by atoms with Crippen molar-refractivity contribution in [2.75, 3.05) is 37.7 Å². The van der Waals surface area contributed by atoms with E-state index in [1.165, 1.54) is 6.20 Å². The fourth-order valence-electron chi connectivity index (χ4n) is 1.23. The summed E-state index contributed by atoms with van der Waals surface area (Å²) in [5.74, 6) is 0.211. The van der Waals surface area contributed by atoms with E-state index in [1.807, 2.05) is 14.1 Å². The number of hydrogen-bond acceptors (Lipinski definition) is 5. The first kappa shape index (κ1) is 16.2. The number of ether oxygens (including phenoxy) is 1. The molecule has 0 unspecified atom stereocenters. The summed E-state index contributed by atoms with van der Waals surface area (Å²) < 4.78 is 32.2. The lowest BCUT2D eigenvalue weighted by atomic mass is 10.4. The second-order valence-electron chi connectivity index (χ2n) is 4.08. The van der Waals surface area contributed by atoms with Crippen LogP contribution < -0.4 is 9.46 Å². The van der Waals surface area contributed by atoms with Crippen molar-refractivity contribution in [1.29, 1.82) is 0 Å². The minimum absolute atomic E-state index is 0.00364. The number of halogens is 1. The van der Waals surface area contributed by atoms with Crippen LogP contribution in [0.3, 0.4) is 0 Å². The van der Waals surface area contributed by atoms with Crippen molar-refractivity contribution < 1.29 is 13.2 Å². The molecule has 0 aromatic carbocycles. The monoisotopic (exact) mass is 350 g/mol. The molecule has 1 radical (unpaired) electrons. The number of rotatable bonds is 7. The standard InChI is InChI=1S/C11H17BrN3O3S/c1-4-18-11-10(7-9(12)8-13-11)14-19(16,17)6-5-15(2)3/h7-8,14H,1,4-6H2,2-3H3. The molecule has 1 aromatic heterocycles. The molecular weight excluding hydrogens is 334 g/mol. The van der Waals surface area contributed by atoms with Crippen LogP contribution in [-0.2, 0) is 10.0 Å². The summed E-state index contributed by atoms with van der Waals surface area (Å²) >= 11 is 3.24. The van der Waals surface area contributed by atoms with Crippen LogP contribution in [0.1, 0.15) is 0 Å². The van der Waals surface area contributed by atoms with Gasteiger partial charge in [0.1, 0.15) is 5.69 Å². The maximum atomic E-state index is 11.9. The molecule has 0 atom stereocenters. The van der Waals surface area contributed by atoms with Gasteiger partial charge in [0.15, 0.2) is 0 Å². The molecule has 1 N–H and O–H groups in total. The highest BCUT2D eigenvalue weighted by atomic mass is 79.9. The van der Waals surface area contributed by atoms with Gasteiger partial charge in [-0.25, -0.2) is 13.4 Å². The Morgan fingerprint density at radius 1 is 1.53 bits per heavy atom. The number of nitrogens with zero attached hydrogens (tertiary/aromatic N) is 2. The van der Waals surface area contributed by atoms with E-state index in [9.17, 15) is 8.42 Å². The molecule has 0 amide bonds. The molecular formula is C11H17BrN3O3S. The van der Waals surface area contributed by atoms with E-state index in [4.69, 9.17) is 4.74 Å². The zero-order valence-corrected chi connectivity index (χ0v) is 13.3. The highest BCUT2D eigenvalue weighted by Gasteiger charge is 2.15. The van der Waals surface area contributed by atoms with Crippen LogP contribution >= 0.6 is 15.9 Å². The van der Waals surface area contributed by atoms with Crippen molar-refractivity contribution in [3.05, 3.63) is 23.7 Å². The summed E-state index contributed by atoms with van der Waals surface area (Å²) in [4.78, 5) is 5.80. The topological polar surface area (TPSA) is 71.5 Å². The molecule has 107 valence electrons. The van der Waals surface area contributed by atoms with Crippen LogP contribution in [0, 0.1) is 6.92 Å². The first-order valence-corrected chi connectivity index (χ1v) is 8.01. The largest absolute Gasteiger partial charge is 0.476 e. The summed E-state index contributed by atoms with van der Waals surface area (Å²) in [5, 5.41) is 0. The molecule has 19 heavy (non-hydrogen) atoms. The zero-order chi connectivity index (χ0) is 14.5. The van der Waals surface area contributed by atoms with Crippen molar-refractivity contribution in [1.82, 2.24) is 9.88 Å². The summed E-state index contributed by atoms with van der Waals surface area (Å²) in [6, 6.07) is 1.60. The van der Waals surface area contributed by atoms with Crippen LogP contribution in [0.5, 0.6) is 5.88 Å². The highest BCUT2D eigenvalue weighted by molar-refractivity contribution is 9.10. The molecule has 8 heteroatoms. The Balaban J connectivity index is 2.88. The van der Waals surface area contributed by atoms with Gasteiger partial charge in [0.05, 0.1) is 12.4 Å². The smallest absolute Gasteiger partial charge is 0.238 e. The maximum Gasteiger partial charge on any atom is 0.238 e. The van der Waals surface area contributed by atoms with E-state index in [-0.39, 0.29) is 18.2 Å². The molecule has 0 spiro atoms. The van der Waals surface area contributed by atoms with E-state index < -0.39 is 10.0 Å². The fraction of sp³-hybridized carbons (Fsp3) is 0.455. The van der Waals surface area contributed by atoms with Crippen molar-refractivity contribution in [3.63, 3.8) is 0 Å². The molecule has 1 rings (SSSR count). The molecule has 0 aliphatic heterocycles. The lowest BCUT2D eigenvalue weighted by Gasteiger charge is -2.14. The Morgan fingerprint density at radius 2 is 2.21 bits per heavy atom. The third kappa shape index (κ3) is 5.75. The van der Waals surface area contributed by atoms with E-state index >= 15 is 0 Å². The fourth-order valence-corrected chi connectivity index (χ4v) is 2.75. The number of nitrogens with one attached hydrogen (secondary N) is 1. The second-order valence-corrected chi connectivity index (χ2v) is 6.84. The Morgan fingerprint density at radius 3 is 2.79 bits per heavy atom. The van der Waals surface area contributed by atoms with Gasteiger partial charge in [0, 0.05) is 17.2 Å². The summed E-state index contributed by atoms with van der Waals surface area (Å²) in [6.07, 6.45) is 1.53. The van der Waals surface area contributed by atoms with Crippen molar-refractivity contribution in [3.8, 4) is 5.88 Å². The summed E-state index contributed by atoms with van der Waals surface area (Å²) in [7, 11) is 0.186. The minimum atomic E-state index is -3.44. The van der Waals surface area contributed by atoms with Crippen molar-refractivity contribution in [2.45, 2.75) is 0 Å². The van der Waals surface area contributed by atoms with Gasteiger partial charge < -0.3 is 9.64 Å². The Hall–Kier alpha value is -0.860. The van der Waals surface area contributed by atoms with E-state index in [0.29, 0.717) is 16.7 Å². The van der Waals surface area contributed by atoms with Gasteiger partial charge in [0.25, 0.3) is 0 Å². The number of pyridine rings is 1. The summed E-state index contributed by atoms with van der Waals surface area (Å²) in [5.41, 5.74) is 0.303. The third-order valence-electron chi connectivity index (χ3n) is 2.13. The first-order chi connectivity index (χ1) is 8.84. The number of hydrogen-bond donors (Lipinski definition) is 1. The second kappa shape index (κ2) is 7.06. The zero-order valence-electron chi connectivity index (χ0n) is 10.9. The maximum absolute atomic E-state index is 11.9. The van der Waals surface area contributed by atoms with Gasteiger partial charge in [-0.2, -0.15) is 0 Å². The van der Waals surface area contributed by atoms with E-state index in [1.54, 1.807) is 11.0 Å². The van der Waals surface area contributed by atoms with Gasteiger partial charge in [0.2, 0.25) is 15.9 Å². The summed E-state index contributed by atoms with van der Waals surface area (Å²) in [6.45, 7) is 4.14. The average Bonchev–Trinajstić information content (AvgIpc) is 2.30. The first-order valence-electron chi connectivity index (χ1n) is 5.57. The van der Waals surface area contributed by atoms with Gasteiger partial charge in [-0.1, -0.05) is 0 Å². The van der Waals surface area contributed by atoms with Gasteiger partial charge in [-0.15, -0.1) is 0 Å². The molecule has 0 bridgehead atoms. The Kier molecular flexibility index (Phi) is 6.02. The number of aromatic nitrogens is 1. The molecule has 0 fully saturated rings. The molecule has 1 aromatic rings. The van der Waals surface area contributed by atoms with E-state index in [0.717, 1.165) is 0 Å².